The van der Waals surface area contributed by atoms with Crippen molar-refractivity contribution in [2.45, 2.75) is 32.9 Å². The van der Waals surface area contributed by atoms with E-state index in [-0.39, 0.29) is 6.10 Å². The molecule has 1 aromatic carbocycles. The SMILES string of the molecule is CC(O)CC(C)CNCc1c(-c2ccccc2)nn(C)c1Cl. The number of aliphatic hydroxyl groups is 1. The van der Waals surface area contributed by atoms with Gasteiger partial charge in [-0.2, -0.15) is 5.10 Å². The van der Waals surface area contributed by atoms with Crippen molar-refractivity contribution >= 4 is 11.6 Å². The molecule has 0 amide bonds. The number of halogens is 1. The maximum Gasteiger partial charge on any atom is 0.131 e. The third kappa shape index (κ3) is 4.32. The zero-order valence-corrected chi connectivity index (χ0v) is 14.1. The van der Waals surface area contributed by atoms with Gasteiger partial charge in [-0.3, -0.25) is 4.68 Å². The summed E-state index contributed by atoms with van der Waals surface area (Å²) in [5.41, 5.74) is 3.00. The molecule has 2 rings (SSSR count). The predicted octanol–water partition coefficient (Wildman–Crippen LogP) is 3.24. The Bertz CT molecular complexity index is 595. The summed E-state index contributed by atoms with van der Waals surface area (Å²) in [6.07, 6.45) is 0.526. The standard InChI is InChI=1S/C17H24ClN3O/c1-12(9-13(2)22)10-19-11-15-16(20-21(3)17(15)18)14-7-5-4-6-8-14/h4-8,12-13,19,22H,9-11H2,1-3H3. The highest BCUT2D eigenvalue weighted by atomic mass is 35.5. The Labute approximate surface area is 137 Å². The molecule has 22 heavy (non-hydrogen) atoms. The van der Waals surface area contributed by atoms with E-state index in [0.717, 1.165) is 29.8 Å². The molecule has 5 heteroatoms. The van der Waals surface area contributed by atoms with E-state index in [1.165, 1.54) is 0 Å². The second-order valence-electron chi connectivity index (χ2n) is 5.93. The van der Waals surface area contributed by atoms with E-state index in [2.05, 4.69) is 17.3 Å². The van der Waals surface area contributed by atoms with Gasteiger partial charge in [-0.15, -0.1) is 0 Å². The number of nitrogens with zero attached hydrogens (tertiary/aromatic N) is 2. The highest BCUT2D eigenvalue weighted by molar-refractivity contribution is 6.30. The van der Waals surface area contributed by atoms with E-state index >= 15 is 0 Å². The lowest BCUT2D eigenvalue weighted by Crippen LogP contribution is -2.23. The van der Waals surface area contributed by atoms with Gasteiger partial charge in [0.25, 0.3) is 0 Å². The lowest BCUT2D eigenvalue weighted by molar-refractivity contribution is 0.163. The lowest BCUT2D eigenvalue weighted by Gasteiger charge is -2.14. The molecular formula is C17H24ClN3O. The third-order valence-corrected chi connectivity index (χ3v) is 4.13. The molecule has 120 valence electrons. The van der Waals surface area contributed by atoms with Crippen molar-refractivity contribution in [3.8, 4) is 11.3 Å². The maximum absolute atomic E-state index is 9.42. The molecule has 2 N–H and O–H groups in total. The van der Waals surface area contributed by atoms with Gasteiger partial charge in [0.1, 0.15) is 5.15 Å². The first-order valence-corrected chi connectivity index (χ1v) is 8.02. The number of hydrogen-bond donors (Lipinski definition) is 2. The molecule has 0 saturated heterocycles. The molecule has 0 saturated carbocycles. The van der Waals surface area contributed by atoms with Crippen molar-refractivity contribution in [2.24, 2.45) is 13.0 Å². The quantitative estimate of drug-likeness (QED) is 0.823. The van der Waals surface area contributed by atoms with Crippen molar-refractivity contribution in [3.63, 3.8) is 0 Å². The fraction of sp³-hybridized carbons (Fsp3) is 0.471. The number of aryl methyl sites for hydroxylation is 1. The number of benzene rings is 1. The molecule has 0 fully saturated rings. The van der Waals surface area contributed by atoms with Gasteiger partial charge in [0.15, 0.2) is 0 Å². The Kier molecular flexibility index (Phi) is 6.00. The van der Waals surface area contributed by atoms with Crippen LogP contribution in [0.4, 0.5) is 0 Å². The van der Waals surface area contributed by atoms with Gasteiger partial charge < -0.3 is 10.4 Å². The van der Waals surface area contributed by atoms with Crippen molar-refractivity contribution in [3.05, 3.63) is 41.0 Å². The summed E-state index contributed by atoms with van der Waals surface area (Å²) < 4.78 is 1.71. The van der Waals surface area contributed by atoms with E-state index < -0.39 is 0 Å². The van der Waals surface area contributed by atoms with Gasteiger partial charge in [-0.05, 0) is 25.8 Å². The predicted molar refractivity (Wildman–Crippen MR) is 90.8 cm³/mol. The zero-order chi connectivity index (χ0) is 16.1. The largest absolute Gasteiger partial charge is 0.393 e. The van der Waals surface area contributed by atoms with Gasteiger partial charge in [0.05, 0.1) is 11.8 Å². The van der Waals surface area contributed by atoms with Crippen LogP contribution in [0.1, 0.15) is 25.8 Å². The van der Waals surface area contributed by atoms with Gasteiger partial charge >= 0.3 is 0 Å². The molecule has 0 spiro atoms. The smallest absolute Gasteiger partial charge is 0.131 e. The minimum Gasteiger partial charge on any atom is -0.393 e. The van der Waals surface area contributed by atoms with E-state index in [0.29, 0.717) is 17.6 Å². The first-order chi connectivity index (χ1) is 10.5. The van der Waals surface area contributed by atoms with Gasteiger partial charge in [0, 0.05) is 24.7 Å². The molecule has 0 radical (unpaired) electrons. The molecule has 0 aliphatic heterocycles. The van der Waals surface area contributed by atoms with Crippen molar-refractivity contribution in [1.82, 2.24) is 15.1 Å². The molecule has 2 aromatic rings. The van der Waals surface area contributed by atoms with Crippen LogP contribution in [0.25, 0.3) is 11.3 Å². The van der Waals surface area contributed by atoms with Crippen molar-refractivity contribution in [1.29, 1.82) is 0 Å². The summed E-state index contributed by atoms with van der Waals surface area (Å²) in [5, 5.41) is 18.0. The van der Waals surface area contributed by atoms with Gasteiger partial charge in [-0.1, -0.05) is 48.9 Å². The minimum absolute atomic E-state index is 0.265. The Morgan fingerprint density at radius 1 is 1.27 bits per heavy atom. The fourth-order valence-corrected chi connectivity index (χ4v) is 2.84. The molecular weight excluding hydrogens is 298 g/mol. The highest BCUT2D eigenvalue weighted by Gasteiger charge is 2.16. The average molecular weight is 322 g/mol. The third-order valence-electron chi connectivity index (χ3n) is 3.65. The number of hydrogen-bond acceptors (Lipinski definition) is 3. The monoisotopic (exact) mass is 321 g/mol. The fourth-order valence-electron chi connectivity index (χ4n) is 2.64. The summed E-state index contributed by atoms with van der Waals surface area (Å²) in [4.78, 5) is 0. The molecule has 1 heterocycles. The molecule has 0 aliphatic rings. The van der Waals surface area contributed by atoms with E-state index in [9.17, 15) is 5.11 Å². The topological polar surface area (TPSA) is 50.1 Å². The van der Waals surface area contributed by atoms with Crippen LogP contribution in [0, 0.1) is 5.92 Å². The summed E-state index contributed by atoms with van der Waals surface area (Å²) in [5.74, 6) is 0.413. The van der Waals surface area contributed by atoms with Crippen LogP contribution in [0.2, 0.25) is 5.15 Å². The molecule has 4 nitrogen and oxygen atoms in total. The Hall–Kier alpha value is -1.36. The first kappa shape index (κ1) is 17.0. The summed E-state index contributed by atoms with van der Waals surface area (Å²) in [6, 6.07) is 10.1. The minimum atomic E-state index is -0.265. The maximum atomic E-state index is 9.42. The zero-order valence-electron chi connectivity index (χ0n) is 13.4. The average Bonchev–Trinajstić information content (AvgIpc) is 2.76. The van der Waals surface area contributed by atoms with Crippen molar-refractivity contribution < 1.29 is 5.11 Å². The summed E-state index contributed by atoms with van der Waals surface area (Å²) in [7, 11) is 1.86. The molecule has 1 aromatic heterocycles. The number of aliphatic hydroxyl groups excluding tert-OH is 1. The highest BCUT2D eigenvalue weighted by Crippen LogP contribution is 2.28. The van der Waals surface area contributed by atoms with Crippen LogP contribution in [0.5, 0.6) is 0 Å². The summed E-state index contributed by atoms with van der Waals surface area (Å²) >= 11 is 6.38. The van der Waals surface area contributed by atoms with Gasteiger partial charge in [-0.25, -0.2) is 0 Å². The van der Waals surface area contributed by atoms with Crippen LogP contribution in [-0.2, 0) is 13.6 Å². The second kappa shape index (κ2) is 7.77. The Morgan fingerprint density at radius 3 is 2.59 bits per heavy atom. The number of rotatable bonds is 7. The summed E-state index contributed by atoms with van der Waals surface area (Å²) in [6.45, 7) is 5.45. The number of nitrogens with one attached hydrogen (secondary N) is 1. The molecule has 2 atom stereocenters. The van der Waals surface area contributed by atoms with E-state index in [1.54, 1.807) is 4.68 Å². The van der Waals surface area contributed by atoms with Gasteiger partial charge in [0.2, 0.25) is 0 Å². The first-order valence-electron chi connectivity index (χ1n) is 7.64. The molecule has 2 unspecified atom stereocenters. The van der Waals surface area contributed by atoms with E-state index in [4.69, 9.17) is 11.6 Å². The van der Waals surface area contributed by atoms with Crippen LogP contribution in [0.15, 0.2) is 30.3 Å². The van der Waals surface area contributed by atoms with Crippen LogP contribution >= 0.6 is 11.6 Å². The molecule has 0 bridgehead atoms. The number of aromatic nitrogens is 2. The van der Waals surface area contributed by atoms with Crippen LogP contribution < -0.4 is 5.32 Å². The van der Waals surface area contributed by atoms with E-state index in [1.807, 2.05) is 44.3 Å². The second-order valence-corrected chi connectivity index (χ2v) is 6.29. The lowest BCUT2D eigenvalue weighted by atomic mass is 10.0. The normalized spacial score (nSPS) is 14.0. The van der Waals surface area contributed by atoms with Crippen LogP contribution in [-0.4, -0.2) is 27.5 Å². The molecule has 0 aliphatic carbocycles. The van der Waals surface area contributed by atoms with Crippen molar-refractivity contribution in [2.75, 3.05) is 6.54 Å². The Balaban J connectivity index is 2.08. The van der Waals surface area contributed by atoms with Crippen LogP contribution in [0.3, 0.4) is 0 Å². The Morgan fingerprint density at radius 2 is 1.95 bits per heavy atom.